The second-order valence-corrected chi connectivity index (χ2v) is 7.24. The van der Waals surface area contributed by atoms with E-state index in [0.29, 0.717) is 36.2 Å². The van der Waals surface area contributed by atoms with E-state index >= 15 is 0 Å². The van der Waals surface area contributed by atoms with Crippen molar-refractivity contribution in [1.82, 2.24) is 4.90 Å². The molecule has 0 saturated carbocycles. The average Bonchev–Trinajstić information content (AvgIpc) is 3.01. The lowest BCUT2D eigenvalue weighted by atomic mass is 9.94. The van der Waals surface area contributed by atoms with Crippen molar-refractivity contribution in [2.24, 2.45) is 0 Å². The number of methoxy groups -OCH3 is 1. The van der Waals surface area contributed by atoms with Crippen molar-refractivity contribution in [3.8, 4) is 17.2 Å². The van der Waals surface area contributed by atoms with Crippen LogP contribution in [0.3, 0.4) is 0 Å². The van der Waals surface area contributed by atoms with Crippen LogP contribution in [0.5, 0.6) is 17.2 Å². The van der Waals surface area contributed by atoms with Crippen molar-refractivity contribution in [1.29, 1.82) is 0 Å². The fraction of sp³-hybridized carbons (Fsp3) is 0.458. The SMILES string of the molecule is CCOc1ccc(C(=O)N2CCCCC(c3ccc(OC)cc3)C2)cc1OCC. The molecule has 1 unspecified atom stereocenters. The maximum atomic E-state index is 13.3. The number of ether oxygens (including phenoxy) is 3. The van der Waals surface area contributed by atoms with Gasteiger partial charge in [0.05, 0.1) is 20.3 Å². The Balaban J connectivity index is 1.78. The number of carbonyl (C=O) groups excluding carboxylic acids is 1. The first-order valence-electron chi connectivity index (χ1n) is 10.5. The van der Waals surface area contributed by atoms with Gasteiger partial charge < -0.3 is 19.1 Å². The van der Waals surface area contributed by atoms with E-state index in [1.165, 1.54) is 5.56 Å². The Labute approximate surface area is 173 Å². The molecule has 5 nitrogen and oxygen atoms in total. The molecule has 5 heteroatoms. The minimum Gasteiger partial charge on any atom is -0.497 e. The van der Waals surface area contributed by atoms with E-state index in [1.807, 2.05) is 49.1 Å². The maximum Gasteiger partial charge on any atom is 0.254 e. The fourth-order valence-corrected chi connectivity index (χ4v) is 3.84. The van der Waals surface area contributed by atoms with E-state index in [9.17, 15) is 4.79 Å². The first kappa shape index (κ1) is 21.0. The molecule has 0 aliphatic carbocycles. The van der Waals surface area contributed by atoms with E-state index in [4.69, 9.17) is 14.2 Å². The summed E-state index contributed by atoms with van der Waals surface area (Å²) in [4.78, 5) is 15.2. The van der Waals surface area contributed by atoms with Gasteiger partial charge in [-0.05, 0) is 62.6 Å². The summed E-state index contributed by atoms with van der Waals surface area (Å²) in [6, 6.07) is 13.7. The number of hydrogen-bond donors (Lipinski definition) is 0. The van der Waals surface area contributed by atoms with Crippen molar-refractivity contribution >= 4 is 5.91 Å². The Bertz CT molecular complexity index is 803. The number of likely N-dealkylation sites (tertiary alicyclic amines) is 1. The Kier molecular flexibility index (Phi) is 7.39. The normalized spacial score (nSPS) is 16.8. The predicted octanol–water partition coefficient (Wildman–Crippen LogP) is 4.90. The zero-order valence-corrected chi connectivity index (χ0v) is 17.6. The van der Waals surface area contributed by atoms with Gasteiger partial charge >= 0.3 is 0 Å². The van der Waals surface area contributed by atoms with E-state index in [2.05, 4.69) is 12.1 Å². The zero-order chi connectivity index (χ0) is 20.6. The number of amides is 1. The Morgan fingerprint density at radius 1 is 1.00 bits per heavy atom. The molecule has 3 rings (SSSR count). The molecule has 0 aromatic heterocycles. The second-order valence-electron chi connectivity index (χ2n) is 7.24. The van der Waals surface area contributed by atoms with Crippen LogP contribution in [0.15, 0.2) is 42.5 Å². The largest absolute Gasteiger partial charge is 0.497 e. The van der Waals surface area contributed by atoms with E-state index < -0.39 is 0 Å². The molecule has 1 aliphatic rings. The van der Waals surface area contributed by atoms with Crippen molar-refractivity contribution in [2.75, 3.05) is 33.4 Å². The first-order valence-corrected chi connectivity index (χ1v) is 10.5. The smallest absolute Gasteiger partial charge is 0.254 e. The summed E-state index contributed by atoms with van der Waals surface area (Å²) >= 11 is 0. The number of rotatable bonds is 7. The highest BCUT2D eigenvalue weighted by Crippen LogP contribution is 2.31. The van der Waals surface area contributed by atoms with Gasteiger partial charge in [-0.15, -0.1) is 0 Å². The van der Waals surface area contributed by atoms with Crippen LogP contribution < -0.4 is 14.2 Å². The van der Waals surface area contributed by atoms with E-state index in [-0.39, 0.29) is 5.91 Å². The standard InChI is InChI=1S/C24H31NO4/c1-4-28-22-14-11-19(16-23(22)29-5-2)24(26)25-15-7-6-8-20(17-25)18-9-12-21(27-3)13-10-18/h9-14,16,20H,4-8,15,17H2,1-3H3. The highest BCUT2D eigenvalue weighted by molar-refractivity contribution is 5.95. The molecule has 1 aliphatic heterocycles. The Morgan fingerprint density at radius 3 is 2.41 bits per heavy atom. The summed E-state index contributed by atoms with van der Waals surface area (Å²) in [5, 5.41) is 0. The lowest BCUT2D eigenvalue weighted by molar-refractivity contribution is 0.0754. The summed E-state index contributed by atoms with van der Waals surface area (Å²) in [5.74, 6) is 2.54. The lowest BCUT2D eigenvalue weighted by Gasteiger charge is -2.25. The lowest BCUT2D eigenvalue weighted by Crippen LogP contribution is -2.34. The van der Waals surface area contributed by atoms with Gasteiger partial charge in [-0.25, -0.2) is 0 Å². The van der Waals surface area contributed by atoms with Gasteiger partial charge in [0, 0.05) is 24.6 Å². The Hall–Kier alpha value is -2.69. The van der Waals surface area contributed by atoms with Crippen LogP contribution in [0.1, 0.15) is 54.9 Å². The third-order valence-corrected chi connectivity index (χ3v) is 5.34. The molecule has 0 radical (unpaired) electrons. The third kappa shape index (κ3) is 5.22. The minimum atomic E-state index is 0.0504. The molecule has 0 spiro atoms. The molecule has 0 bridgehead atoms. The maximum absolute atomic E-state index is 13.3. The van der Waals surface area contributed by atoms with E-state index in [0.717, 1.165) is 38.1 Å². The molecule has 1 saturated heterocycles. The summed E-state index contributed by atoms with van der Waals surface area (Å²) < 4.78 is 16.6. The summed E-state index contributed by atoms with van der Waals surface area (Å²) in [6.45, 7) is 6.46. The number of carbonyl (C=O) groups is 1. The molecule has 2 aromatic carbocycles. The summed E-state index contributed by atoms with van der Waals surface area (Å²) in [6.07, 6.45) is 3.23. The number of nitrogens with zero attached hydrogens (tertiary/aromatic N) is 1. The molecule has 156 valence electrons. The summed E-state index contributed by atoms with van der Waals surface area (Å²) in [5.41, 5.74) is 1.90. The molecule has 0 N–H and O–H groups in total. The van der Waals surface area contributed by atoms with Gasteiger partial charge in [-0.2, -0.15) is 0 Å². The predicted molar refractivity (Wildman–Crippen MR) is 114 cm³/mol. The van der Waals surface area contributed by atoms with Crippen LogP contribution >= 0.6 is 0 Å². The second kappa shape index (κ2) is 10.2. The quantitative estimate of drug-likeness (QED) is 0.667. The van der Waals surface area contributed by atoms with Gasteiger partial charge in [0.1, 0.15) is 5.75 Å². The molecule has 1 fully saturated rings. The van der Waals surface area contributed by atoms with Crippen LogP contribution in [0.2, 0.25) is 0 Å². The van der Waals surface area contributed by atoms with Crippen molar-refractivity contribution in [2.45, 2.75) is 39.0 Å². The van der Waals surface area contributed by atoms with Crippen LogP contribution in [-0.2, 0) is 0 Å². The molecule has 29 heavy (non-hydrogen) atoms. The van der Waals surface area contributed by atoms with Gasteiger partial charge in [0.15, 0.2) is 11.5 Å². The van der Waals surface area contributed by atoms with Crippen molar-refractivity contribution < 1.29 is 19.0 Å². The highest BCUT2D eigenvalue weighted by atomic mass is 16.5. The molecule has 1 amide bonds. The molecule has 1 atom stereocenters. The van der Waals surface area contributed by atoms with Crippen LogP contribution in [-0.4, -0.2) is 44.2 Å². The zero-order valence-electron chi connectivity index (χ0n) is 17.6. The monoisotopic (exact) mass is 397 g/mol. The van der Waals surface area contributed by atoms with Crippen molar-refractivity contribution in [3.63, 3.8) is 0 Å². The number of hydrogen-bond acceptors (Lipinski definition) is 4. The van der Waals surface area contributed by atoms with Gasteiger partial charge in [0.25, 0.3) is 5.91 Å². The third-order valence-electron chi connectivity index (χ3n) is 5.34. The highest BCUT2D eigenvalue weighted by Gasteiger charge is 2.25. The molecular formula is C24H31NO4. The van der Waals surface area contributed by atoms with Crippen LogP contribution in [0.25, 0.3) is 0 Å². The first-order chi connectivity index (χ1) is 14.2. The number of benzene rings is 2. The van der Waals surface area contributed by atoms with Crippen LogP contribution in [0, 0.1) is 0 Å². The minimum absolute atomic E-state index is 0.0504. The van der Waals surface area contributed by atoms with Crippen molar-refractivity contribution in [3.05, 3.63) is 53.6 Å². The van der Waals surface area contributed by atoms with Gasteiger partial charge in [-0.3, -0.25) is 4.79 Å². The topological polar surface area (TPSA) is 48.0 Å². The van der Waals surface area contributed by atoms with Crippen LogP contribution in [0.4, 0.5) is 0 Å². The molecule has 2 aromatic rings. The molecular weight excluding hydrogens is 366 g/mol. The van der Waals surface area contributed by atoms with Gasteiger partial charge in [0.2, 0.25) is 0 Å². The van der Waals surface area contributed by atoms with Gasteiger partial charge in [-0.1, -0.05) is 18.6 Å². The fourth-order valence-electron chi connectivity index (χ4n) is 3.84. The summed E-state index contributed by atoms with van der Waals surface area (Å²) in [7, 11) is 1.67. The Morgan fingerprint density at radius 2 is 1.72 bits per heavy atom. The molecule has 1 heterocycles. The van der Waals surface area contributed by atoms with E-state index in [1.54, 1.807) is 7.11 Å². The average molecular weight is 398 g/mol.